The summed E-state index contributed by atoms with van der Waals surface area (Å²) >= 11 is 5.44. The maximum Gasteiger partial charge on any atom is 0.232 e. The lowest BCUT2D eigenvalue weighted by Crippen LogP contribution is -2.17. The van der Waals surface area contributed by atoms with Gasteiger partial charge in [-0.3, -0.25) is 9.71 Å². The van der Waals surface area contributed by atoms with Gasteiger partial charge >= 0.3 is 0 Å². The summed E-state index contributed by atoms with van der Waals surface area (Å²) in [5.41, 5.74) is 1.37. The molecule has 0 aliphatic heterocycles. The first-order valence-electron chi connectivity index (χ1n) is 4.52. The second-order valence-electron chi connectivity index (χ2n) is 3.15. The molecule has 0 bridgehead atoms. The van der Waals surface area contributed by atoms with Crippen LogP contribution in [0.25, 0.3) is 0 Å². The van der Waals surface area contributed by atoms with Crippen molar-refractivity contribution in [2.24, 2.45) is 0 Å². The van der Waals surface area contributed by atoms with Crippen LogP contribution in [-0.2, 0) is 10.0 Å². The molecule has 0 amide bonds. The summed E-state index contributed by atoms with van der Waals surface area (Å²) in [5.74, 6) is 0.373. The van der Waals surface area contributed by atoms with Crippen molar-refractivity contribution in [3.63, 3.8) is 0 Å². The van der Waals surface area contributed by atoms with Crippen LogP contribution in [0.5, 0.6) is 0 Å². The summed E-state index contributed by atoms with van der Waals surface area (Å²) in [6.45, 7) is 1.82. The summed E-state index contributed by atoms with van der Waals surface area (Å²) in [5, 5.41) is 0. The van der Waals surface area contributed by atoms with Crippen LogP contribution in [-0.4, -0.2) is 25.0 Å². The van der Waals surface area contributed by atoms with Crippen LogP contribution in [0.4, 0.5) is 5.69 Å². The topological polar surface area (TPSA) is 59.1 Å². The molecule has 0 unspecified atom stereocenters. The molecule has 0 atom stereocenters. The number of pyridine rings is 1. The normalized spacial score (nSPS) is 11.3. The second-order valence-corrected chi connectivity index (χ2v) is 5.37. The number of hydrogen-bond donors (Lipinski definition) is 1. The molecular weight excluding hydrogens is 236 g/mol. The average Bonchev–Trinajstić information content (AvgIpc) is 2.18. The van der Waals surface area contributed by atoms with Crippen LogP contribution in [0, 0.1) is 6.92 Å². The SMILES string of the molecule is Cc1ccncc1NS(=O)(=O)CCCCl. The van der Waals surface area contributed by atoms with Crippen molar-refractivity contribution in [1.29, 1.82) is 0 Å². The highest BCUT2D eigenvalue weighted by Gasteiger charge is 2.10. The van der Waals surface area contributed by atoms with Crippen LogP contribution in [0.1, 0.15) is 12.0 Å². The van der Waals surface area contributed by atoms with Gasteiger partial charge < -0.3 is 0 Å². The lowest BCUT2D eigenvalue weighted by atomic mass is 10.3. The zero-order valence-electron chi connectivity index (χ0n) is 8.40. The summed E-state index contributed by atoms with van der Waals surface area (Å²) in [6, 6.07) is 1.75. The van der Waals surface area contributed by atoms with Crippen molar-refractivity contribution in [3.05, 3.63) is 24.0 Å². The Kier molecular flexibility index (Phi) is 4.35. The van der Waals surface area contributed by atoms with Crippen molar-refractivity contribution in [2.75, 3.05) is 16.4 Å². The van der Waals surface area contributed by atoms with E-state index < -0.39 is 10.0 Å². The Balaban J connectivity index is 2.74. The molecule has 1 N–H and O–H groups in total. The summed E-state index contributed by atoms with van der Waals surface area (Å²) < 4.78 is 25.5. The number of halogens is 1. The van der Waals surface area contributed by atoms with E-state index in [1.54, 1.807) is 12.3 Å². The first kappa shape index (κ1) is 12.3. The van der Waals surface area contributed by atoms with Crippen LogP contribution in [0.15, 0.2) is 18.5 Å². The van der Waals surface area contributed by atoms with E-state index in [4.69, 9.17) is 11.6 Å². The van der Waals surface area contributed by atoms with Gasteiger partial charge in [-0.1, -0.05) is 0 Å². The Labute approximate surface area is 94.7 Å². The molecule has 1 rings (SSSR count). The maximum absolute atomic E-state index is 11.5. The molecule has 84 valence electrons. The van der Waals surface area contributed by atoms with Crippen LogP contribution in [0.3, 0.4) is 0 Å². The highest BCUT2D eigenvalue weighted by molar-refractivity contribution is 7.92. The number of alkyl halides is 1. The smallest absolute Gasteiger partial charge is 0.232 e. The third-order valence-electron chi connectivity index (χ3n) is 1.85. The Bertz CT molecular complexity index is 420. The minimum absolute atomic E-state index is 0.0326. The van der Waals surface area contributed by atoms with Gasteiger partial charge in [-0.15, -0.1) is 11.6 Å². The standard InChI is InChI=1S/C9H13ClN2O2S/c1-8-3-5-11-7-9(8)12-15(13,14)6-2-4-10/h3,5,7,12H,2,4,6H2,1H3. The molecule has 0 aliphatic rings. The van der Waals surface area contributed by atoms with Crippen molar-refractivity contribution >= 4 is 27.3 Å². The second kappa shape index (κ2) is 5.32. The zero-order chi connectivity index (χ0) is 11.3. The van der Waals surface area contributed by atoms with E-state index in [0.29, 0.717) is 18.0 Å². The highest BCUT2D eigenvalue weighted by Crippen LogP contribution is 2.13. The first-order chi connectivity index (χ1) is 7.05. The predicted octanol–water partition coefficient (Wildman–Crippen LogP) is 1.76. The molecule has 1 aromatic heterocycles. The van der Waals surface area contributed by atoms with E-state index in [0.717, 1.165) is 5.56 Å². The number of aryl methyl sites for hydroxylation is 1. The predicted molar refractivity (Wildman–Crippen MR) is 61.7 cm³/mol. The van der Waals surface area contributed by atoms with Gasteiger partial charge in [0.25, 0.3) is 0 Å². The number of sulfonamides is 1. The lowest BCUT2D eigenvalue weighted by molar-refractivity contribution is 0.600. The van der Waals surface area contributed by atoms with E-state index in [2.05, 4.69) is 9.71 Å². The number of hydrogen-bond acceptors (Lipinski definition) is 3. The maximum atomic E-state index is 11.5. The molecule has 4 nitrogen and oxygen atoms in total. The molecule has 6 heteroatoms. The summed E-state index contributed by atoms with van der Waals surface area (Å²) in [4.78, 5) is 3.86. The molecule has 15 heavy (non-hydrogen) atoms. The van der Waals surface area contributed by atoms with Crippen molar-refractivity contribution in [3.8, 4) is 0 Å². The van der Waals surface area contributed by atoms with Gasteiger partial charge in [0.2, 0.25) is 10.0 Å². The molecule has 1 aromatic rings. The van der Waals surface area contributed by atoms with Crippen LogP contribution in [0.2, 0.25) is 0 Å². The Morgan fingerprint density at radius 2 is 2.27 bits per heavy atom. The molecular formula is C9H13ClN2O2S. The summed E-state index contributed by atoms with van der Waals surface area (Å²) in [6.07, 6.45) is 3.55. The van der Waals surface area contributed by atoms with Crippen molar-refractivity contribution < 1.29 is 8.42 Å². The molecule has 0 aliphatic carbocycles. The van der Waals surface area contributed by atoms with Crippen molar-refractivity contribution in [1.82, 2.24) is 4.98 Å². The molecule has 1 heterocycles. The van der Waals surface area contributed by atoms with E-state index in [-0.39, 0.29) is 5.75 Å². The average molecular weight is 249 g/mol. The molecule has 0 aromatic carbocycles. The molecule has 0 saturated carbocycles. The molecule has 0 fully saturated rings. The Morgan fingerprint density at radius 1 is 1.53 bits per heavy atom. The number of rotatable bonds is 5. The third kappa shape index (κ3) is 4.05. The Hall–Kier alpha value is -0.810. The fraction of sp³-hybridized carbons (Fsp3) is 0.444. The quantitative estimate of drug-likeness (QED) is 0.808. The monoisotopic (exact) mass is 248 g/mol. The van der Waals surface area contributed by atoms with Gasteiger partial charge in [-0.25, -0.2) is 8.42 Å². The van der Waals surface area contributed by atoms with Gasteiger partial charge in [0.1, 0.15) is 0 Å². The van der Waals surface area contributed by atoms with Gasteiger partial charge in [-0.05, 0) is 25.0 Å². The third-order valence-corrected chi connectivity index (χ3v) is 3.48. The number of anilines is 1. The van der Waals surface area contributed by atoms with E-state index >= 15 is 0 Å². The van der Waals surface area contributed by atoms with Crippen LogP contribution < -0.4 is 4.72 Å². The van der Waals surface area contributed by atoms with Gasteiger partial charge in [0.05, 0.1) is 17.6 Å². The highest BCUT2D eigenvalue weighted by atomic mass is 35.5. The van der Waals surface area contributed by atoms with E-state index in [1.165, 1.54) is 6.20 Å². The largest absolute Gasteiger partial charge is 0.282 e. The summed E-state index contributed by atoms with van der Waals surface area (Å²) in [7, 11) is -3.29. The molecule has 0 radical (unpaired) electrons. The minimum atomic E-state index is -3.29. The van der Waals surface area contributed by atoms with Crippen LogP contribution >= 0.6 is 11.6 Å². The van der Waals surface area contributed by atoms with Gasteiger partial charge in [0.15, 0.2) is 0 Å². The molecule has 0 saturated heterocycles. The Morgan fingerprint density at radius 3 is 2.87 bits per heavy atom. The molecule has 0 spiro atoms. The van der Waals surface area contributed by atoms with E-state index in [9.17, 15) is 8.42 Å². The van der Waals surface area contributed by atoms with E-state index in [1.807, 2.05) is 6.92 Å². The van der Waals surface area contributed by atoms with Gasteiger partial charge in [-0.2, -0.15) is 0 Å². The lowest BCUT2D eigenvalue weighted by Gasteiger charge is -2.08. The van der Waals surface area contributed by atoms with Gasteiger partial charge in [0, 0.05) is 12.1 Å². The number of nitrogens with one attached hydrogen (secondary N) is 1. The minimum Gasteiger partial charge on any atom is -0.282 e. The number of aromatic nitrogens is 1. The van der Waals surface area contributed by atoms with Crippen molar-refractivity contribution in [2.45, 2.75) is 13.3 Å². The number of nitrogens with zero attached hydrogens (tertiary/aromatic N) is 1. The fourth-order valence-corrected chi connectivity index (χ4v) is 2.50. The zero-order valence-corrected chi connectivity index (χ0v) is 9.98. The first-order valence-corrected chi connectivity index (χ1v) is 6.71. The fourth-order valence-electron chi connectivity index (χ4n) is 1.03.